The van der Waals surface area contributed by atoms with Gasteiger partial charge in [-0.1, -0.05) is 60.7 Å². The van der Waals surface area contributed by atoms with Gasteiger partial charge in [0.25, 0.3) is 11.8 Å². The summed E-state index contributed by atoms with van der Waals surface area (Å²) in [6.45, 7) is 2.35. The number of hydrogen-bond donors (Lipinski definition) is 2. The SMILES string of the molecule is COc1ccc(/C=C2\SC(=S)N(CCCCCC(=O)NNC(=O)c3ccccc3C)C2=O)cc1. The lowest BCUT2D eigenvalue weighted by molar-refractivity contribution is -0.123. The van der Waals surface area contributed by atoms with Crippen molar-refractivity contribution in [2.24, 2.45) is 0 Å². The van der Waals surface area contributed by atoms with Crippen LogP contribution in [0.5, 0.6) is 5.75 Å². The molecule has 1 fully saturated rings. The second-order valence-electron chi connectivity index (χ2n) is 7.73. The Kier molecular flexibility index (Phi) is 9.24. The quantitative estimate of drug-likeness (QED) is 0.233. The minimum absolute atomic E-state index is 0.0949. The number of ether oxygens (including phenoxy) is 1. The number of nitrogens with zero attached hydrogens (tertiary/aromatic N) is 1. The van der Waals surface area contributed by atoms with Crippen molar-refractivity contribution < 1.29 is 19.1 Å². The Balaban J connectivity index is 1.37. The molecule has 3 rings (SSSR count). The highest BCUT2D eigenvalue weighted by molar-refractivity contribution is 8.26. The molecule has 0 atom stereocenters. The van der Waals surface area contributed by atoms with Gasteiger partial charge in [0.05, 0.1) is 12.0 Å². The number of aryl methyl sites for hydroxylation is 1. The lowest BCUT2D eigenvalue weighted by Gasteiger charge is -2.14. The summed E-state index contributed by atoms with van der Waals surface area (Å²) in [4.78, 5) is 39.1. The summed E-state index contributed by atoms with van der Waals surface area (Å²) in [6, 6.07) is 14.6. The predicted octanol–water partition coefficient (Wildman–Crippen LogP) is 4.23. The third-order valence-corrected chi connectivity index (χ3v) is 6.66. The standard InChI is InChI=1S/C25H27N3O4S2/c1-17-8-5-6-9-20(17)23(30)27-26-22(29)10-4-3-7-15-28-24(31)21(34-25(28)33)16-18-11-13-19(32-2)14-12-18/h5-6,8-9,11-14,16H,3-4,7,10,15H2,1-2H3,(H,26,29)(H,27,30)/b21-16-. The molecule has 0 spiro atoms. The summed E-state index contributed by atoms with van der Waals surface area (Å²) in [6.07, 6.45) is 4.24. The van der Waals surface area contributed by atoms with Crippen LogP contribution in [0.1, 0.15) is 47.2 Å². The molecule has 1 aliphatic rings. The van der Waals surface area contributed by atoms with Crippen molar-refractivity contribution in [3.8, 4) is 5.75 Å². The Bertz CT molecular complexity index is 1100. The van der Waals surface area contributed by atoms with Crippen LogP contribution in [0.15, 0.2) is 53.4 Å². The van der Waals surface area contributed by atoms with Crippen LogP contribution in [0.25, 0.3) is 6.08 Å². The van der Waals surface area contributed by atoms with E-state index in [1.54, 1.807) is 24.1 Å². The highest BCUT2D eigenvalue weighted by Gasteiger charge is 2.31. The summed E-state index contributed by atoms with van der Waals surface area (Å²) in [7, 11) is 1.61. The molecule has 1 saturated heterocycles. The van der Waals surface area contributed by atoms with Crippen molar-refractivity contribution in [2.75, 3.05) is 13.7 Å². The third kappa shape index (κ3) is 6.91. The molecule has 7 nitrogen and oxygen atoms in total. The summed E-state index contributed by atoms with van der Waals surface area (Å²) in [5, 5.41) is 0. The van der Waals surface area contributed by atoms with Gasteiger partial charge in [-0.2, -0.15) is 0 Å². The van der Waals surface area contributed by atoms with Gasteiger partial charge in [0, 0.05) is 18.5 Å². The van der Waals surface area contributed by atoms with Crippen LogP contribution >= 0.6 is 24.0 Å². The number of hydrazine groups is 1. The third-order valence-electron chi connectivity index (χ3n) is 5.28. The van der Waals surface area contributed by atoms with Gasteiger partial charge < -0.3 is 4.74 Å². The number of carbonyl (C=O) groups excluding carboxylic acids is 3. The first kappa shape index (κ1) is 25.5. The monoisotopic (exact) mass is 497 g/mol. The molecule has 1 heterocycles. The Hall–Kier alpha value is -3.17. The van der Waals surface area contributed by atoms with Gasteiger partial charge in [-0.05, 0) is 55.2 Å². The Morgan fingerprint density at radius 2 is 1.79 bits per heavy atom. The number of unbranched alkanes of at least 4 members (excludes halogenated alkanes) is 2. The molecular formula is C25H27N3O4S2. The van der Waals surface area contributed by atoms with Crippen molar-refractivity contribution in [1.82, 2.24) is 15.8 Å². The van der Waals surface area contributed by atoms with Crippen molar-refractivity contribution in [2.45, 2.75) is 32.6 Å². The van der Waals surface area contributed by atoms with Crippen molar-refractivity contribution in [1.29, 1.82) is 0 Å². The Morgan fingerprint density at radius 1 is 1.06 bits per heavy atom. The zero-order chi connectivity index (χ0) is 24.5. The maximum atomic E-state index is 12.7. The van der Waals surface area contributed by atoms with Crippen LogP contribution in [0.3, 0.4) is 0 Å². The number of carbonyl (C=O) groups is 3. The van der Waals surface area contributed by atoms with Gasteiger partial charge in [0.1, 0.15) is 10.1 Å². The van der Waals surface area contributed by atoms with Crippen LogP contribution in [0.2, 0.25) is 0 Å². The van der Waals surface area contributed by atoms with Crippen molar-refractivity contribution in [3.63, 3.8) is 0 Å². The average Bonchev–Trinajstić information content (AvgIpc) is 3.10. The number of thioether (sulfide) groups is 1. The number of methoxy groups -OCH3 is 1. The molecule has 1 aliphatic heterocycles. The maximum absolute atomic E-state index is 12.7. The zero-order valence-corrected chi connectivity index (χ0v) is 20.8. The highest BCUT2D eigenvalue weighted by Crippen LogP contribution is 2.33. The molecule has 34 heavy (non-hydrogen) atoms. The normalized spacial score (nSPS) is 14.4. The van der Waals surface area contributed by atoms with Crippen LogP contribution in [0.4, 0.5) is 0 Å². The predicted molar refractivity (Wildman–Crippen MR) is 138 cm³/mol. The van der Waals surface area contributed by atoms with Crippen LogP contribution < -0.4 is 15.6 Å². The fourth-order valence-corrected chi connectivity index (χ4v) is 4.67. The molecule has 0 bridgehead atoms. The van der Waals surface area contributed by atoms with E-state index in [-0.39, 0.29) is 24.1 Å². The summed E-state index contributed by atoms with van der Waals surface area (Å²) in [5.41, 5.74) is 7.15. The number of nitrogens with one attached hydrogen (secondary N) is 2. The lowest BCUT2D eigenvalue weighted by Crippen LogP contribution is -2.41. The van der Waals surface area contributed by atoms with Crippen LogP contribution in [-0.2, 0) is 9.59 Å². The lowest BCUT2D eigenvalue weighted by atomic mass is 10.1. The van der Waals surface area contributed by atoms with E-state index in [0.717, 1.165) is 29.7 Å². The number of benzene rings is 2. The van der Waals surface area contributed by atoms with Gasteiger partial charge in [-0.15, -0.1) is 0 Å². The average molecular weight is 498 g/mol. The number of rotatable bonds is 9. The summed E-state index contributed by atoms with van der Waals surface area (Å²) in [5.74, 6) is 0.0630. The zero-order valence-electron chi connectivity index (χ0n) is 19.1. The summed E-state index contributed by atoms with van der Waals surface area (Å²) >= 11 is 6.68. The van der Waals surface area contributed by atoms with E-state index in [2.05, 4.69) is 10.9 Å². The molecule has 2 aromatic rings. The molecule has 0 aromatic heterocycles. The molecule has 0 radical (unpaired) electrons. The van der Waals surface area contributed by atoms with Gasteiger partial charge >= 0.3 is 0 Å². The first-order chi connectivity index (χ1) is 16.4. The van der Waals surface area contributed by atoms with Gasteiger partial charge in [-0.3, -0.25) is 30.1 Å². The number of amides is 3. The molecule has 0 unspecified atom stereocenters. The number of thiocarbonyl (C=S) groups is 1. The van der Waals surface area contributed by atoms with E-state index in [1.807, 2.05) is 49.4 Å². The fraction of sp³-hybridized carbons (Fsp3) is 0.280. The smallest absolute Gasteiger partial charge is 0.269 e. The Morgan fingerprint density at radius 3 is 2.50 bits per heavy atom. The van der Waals surface area contributed by atoms with Crippen molar-refractivity contribution in [3.05, 3.63) is 70.1 Å². The molecule has 0 saturated carbocycles. The van der Waals surface area contributed by atoms with E-state index < -0.39 is 0 Å². The molecule has 0 aliphatic carbocycles. The molecular weight excluding hydrogens is 470 g/mol. The molecule has 2 aromatic carbocycles. The second-order valence-corrected chi connectivity index (χ2v) is 9.41. The van der Waals surface area contributed by atoms with E-state index >= 15 is 0 Å². The van der Waals surface area contributed by atoms with E-state index in [4.69, 9.17) is 17.0 Å². The largest absolute Gasteiger partial charge is 0.497 e. The van der Waals surface area contributed by atoms with E-state index in [9.17, 15) is 14.4 Å². The minimum Gasteiger partial charge on any atom is -0.497 e. The van der Waals surface area contributed by atoms with Gasteiger partial charge in [0.15, 0.2) is 0 Å². The summed E-state index contributed by atoms with van der Waals surface area (Å²) < 4.78 is 5.70. The first-order valence-corrected chi connectivity index (χ1v) is 12.2. The maximum Gasteiger partial charge on any atom is 0.269 e. The molecule has 9 heteroatoms. The minimum atomic E-state index is -0.344. The number of hydrogen-bond acceptors (Lipinski definition) is 6. The first-order valence-electron chi connectivity index (χ1n) is 10.9. The fourth-order valence-electron chi connectivity index (χ4n) is 3.36. The molecule has 3 amide bonds. The second kappa shape index (κ2) is 12.3. The van der Waals surface area contributed by atoms with Gasteiger partial charge in [-0.25, -0.2) is 0 Å². The van der Waals surface area contributed by atoms with E-state index in [1.165, 1.54) is 11.8 Å². The topological polar surface area (TPSA) is 87.7 Å². The van der Waals surface area contributed by atoms with E-state index in [0.29, 0.717) is 27.8 Å². The van der Waals surface area contributed by atoms with Crippen LogP contribution in [-0.4, -0.2) is 40.6 Å². The highest BCUT2D eigenvalue weighted by atomic mass is 32.2. The van der Waals surface area contributed by atoms with Crippen LogP contribution in [0, 0.1) is 6.92 Å². The Labute approximate surface area is 208 Å². The molecule has 2 N–H and O–H groups in total. The van der Waals surface area contributed by atoms with Gasteiger partial charge in [0.2, 0.25) is 5.91 Å². The molecule has 178 valence electrons. The van der Waals surface area contributed by atoms with Crippen molar-refractivity contribution >= 4 is 52.1 Å².